The molecule has 0 unspecified atom stereocenters. The van der Waals surface area contributed by atoms with E-state index in [2.05, 4.69) is 29.7 Å². The first-order valence-electron chi connectivity index (χ1n) is 8.27. The molecule has 118 valence electrons. The molecule has 0 spiro atoms. The summed E-state index contributed by atoms with van der Waals surface area (Å²) in [4.78, 5) is 14.5. The van der Waals surface area contributed by atoms with Crippen molar-refractivity contribution in [1.29, 1.82) is 0 Å². The molecule has 1 aromatic carbocycles. The zero-order valence-electron chi connectivity index (χ0n) is 13.3. The Kier molecular flexibility index (Phi) is 4.48. The molecule has 0 atom stereocenters. The summed E-state index contributed by atoms with van der Waals surface area (Å²) in [6.45, 7) is 5.11. The van der Waals surface area contributed by atoms with Gasteiger partial charge in [-0.3, -0.25) is 4.79 Å². The third kappa shape index (κ3) is 2.75. The number of carbonyl (C=O) groups excluding carboxylic acids is 1. The second-order valence-electron chi connectivity index (χ2n) is 6.15. The number of carbonyl (C=O) groups is 1. The summed E-state index contributed by atoms with van der Waals surface area (Å²) in [5, 5.41) is 1.27. The molecule has 22 heavy (non-hydrogen) atoms. The molecule has 1 aromatic heterocycles. The first kappa shape index (κ1) is 15.1. The highest BCUT2D eigenvalue weighted by Crippen LogP contribution is 2.27. The number of nitrogens with two attached hydrogens (primary N) is 1. The summed E-state index contributed by atoms with van der Waals surface area (Å²) < 4.78 is 2.18. The van der Waals surface area contributed by atoms with E-state index in [0.717, 1.165) is 38.8 Å². The smallest absolute Gasteiger partial charge is 0.242 e. The van der Waals surface area contributed by atoms with Crippen LogP contribution in [0.5, 0.6) is 0 Å². The van der Waals surface area contributed by atoms with Gasteiger partial charge in [0.05, 0.1) is 0 Å². The Morgan fingerprint density at radius 2 is 1.95 bits per heavy atom. The van der Waals surface area contributed by atoms with Crippen LogP contribution in [0.4, 0.5) is 0 Å². The minimum absolute atomic E-state index is 0.242. The van der Waals surface area contributed by atoms with E-state index in [1.165, 1.54) is 22.2 Å². The van der Waals surface area contributed by atoms with E-state index in [4.69, 9.17) is 5.73 Å². The molecular weight excluding hydrogens is 274 g/mol. The highest BCUT2D eigenvalue weighted by molar-refractivity contribution is 5.87. The van der Waals surface area contributed by atoms with E-state index in [1.54, 1.807) is 0 Å². The predicted molar refractivity (Wildman–Crippen MR) is 89.9 cm³/mol. The van der Waals surface area contributed by atoms with Crippen molar-refractivity contribution in [3.8, 4) is 0 Å². The van der Waals surface area contributed by atoms with Crippen LogP contribution in [0.2, 0.25) is 0 Å². The van der Waals surface area contributed by atoms with Crippen molar-refractivity contribution >= 4 is 16.8 Å². The third-order valence-corrected chi connectivity index (χ3v) is 4.74. The number of amides is 1. The number of aryl methyl sites for hydroxylation is 1. The van der Waals surface area contributed by atoms with Gasteiger partial charge in [-0.25, -0.2) is 0 Å². The number of aromatic nitrogens is 1. The van der Waals surface area contributed by atoms with E-state index in [9.17, 15) is 4.79 Å². The van der Waals surface area contributed by atoms with Gasteiger partial charge in [0.1, 0.15) is 6.54 Å². The summed E-state index contributed by atoms with van der Waals surface area (Å²) in [6, 6.07) is 8.39. The predicted octanol–water partition coefficient (Wildman–Crippen LogP) is 2.46. The van der Waals surface area contributed by atoms with Gasteiger partial charge in [0.2, 0.25) is 5.91 Å². The van der Waals surface area contributed by atoms with E-state index in [-0.39, 0.29) is 5.91 Å². The maximum absolute atomic E-state index is 12.5. The van der Waals surface area contributed by atoms with E-state index in [0.29, 0.717) is 13.1 Å². The molecule has 0 bridgehead atoms. The number of rotatable bonds is 5. The highest BCUT2D eigenvalue weighted by Gasteiger charge is 2.21. The first-order valence-corrected chi connectivity index (χ1v) is 8.27. The number of nitrogens with zero attached hydrogens (tertiary/aromatic N) is 2. The molecule has 2 heterocycles. The van der Waals surface area contributed by atoms with Crippen LogP contribution in [0, 0.1) is 6.92 Å². The summed E-state index contributed by atoms with van der Waals surface area (Å²) in [5.74, 6) is 0.242. The second kappa shape index (κ2) is 6.53. The van der Waals surface area contributed by atoms with Gasteiger partial charge in [-0.2, -0.15) is 0 Å². The Morgan fingerprint density at radius 1 is 1.23 bits per heavy atom. The van der Waals surface area contributed by atoms with E-state index >= 15 is 0 Å². The molecule has 0 saturated carbocycles. The van der Waals surface area contributed by atoms with Crippen molar-refractivity contribution < 1.29 is 4.79 Å². The third-order valence-electron chi connectivity index (χ3n) is 4.74. The minimum Gasteiger partial charge on any atom is -0.341 e. The summed E-state index contributed by atoms with van der Waals surface area (Å²) in [6.07, 6.45) is 4.24. The molecule has 1 aliphatic rings. The van der Waals surface area contributed by atoms with Crippen molar-refractivity contribution in [3.63, 3.8) is 0 Å². The normalized spacial score (nSPS) is 14.9. The van der Waals surface area contributed by atoms with Crippen LogP contribution < -0.4 is 5.73 Å². The van der Waals surface area contributed by atoms with Crippen LogP contribution in [-0.2, 0) is 17.8 Å². The molecule has 0 aliphatic carbocycles. The molecule has 3 rings (SSSR count). The van der Waals surface area contributed by atoms with Gasteiger partial charge < -0.3 is 15.2 Å². The van der Waals surface area contributed by atoms with Crippen molar-refractivity contribution in [2.45, 2.75) is 39.2 Å². The summed E-state index contributed by atoms with van der Waals surface area (Å²) in [5.41, 5.74) is 9.39. The first-order chi connectivity index (χ1) is 10.7. The van der Waals surface area contributed by atoms with Gasteiger partial charge in [-0.05, 0) is 50.8 Å². The van der Waals surface area contributed by atoms with Crippen molar-refractivity contribution in [2.75, 3.05) is 19.6 Å². The fraction of sp³-hybridized carbons (Fsp3) is 0.500. The molecule has 1 fully saturated rings. The maximum Gasteiger partial charge on any atom is 0.242 e. The molecule has 1 aliphatic heterocycles. The van der Waals surface area contributed by atoms with Crippen molar-refractivity contribution in [1.82, 2.24) is 9.47 Å². The van der Waals surface area contributed by atoms with Crippen LogP contribution in [0.25, 0.3) is 10.9 Å². The fourth-order valence-electron chi connectivity index (χ4n) is 3.50. The fourth-order valence-corrected chi connectivity index (χ4v) is 3.50. The topological polar surface area (TPSA) is 51.3 Å². The Morgan fingerprint density at radius 3 is 2.68 bits per heavy atom. The largest absolute Gasteiger partial charge is 0.341 e. The lowest BCUT2D eigenvalue weighted by atomic mass is 10.1. The lowest BCUT2D eigenvalue weighted by Gasteiger charge is -2.17. The van der Waals surface area contributed by atoms with Gasteiger partial charge in [-0.1, -0.05) is 18.2 Å². The van der Waals surface area contributed by atoms with Gasteiger partial charge in [0.25, 0.3) is 0 Å². The Balaban J connectivity index is 1.94. The van der Waals surface area contributed by atoms with Gasteiger partial charge >= 0.3 is 0 Å². The lowest BCUT2D eigenvalue weighted by Crippen LogP contribution is -2.31. The van der Waals surface area contributed by atoms with Crippen LogP contribution in [0.3, 0.4) is 0 Å². The minimum atomic E-state index is 0.242. The Labute approximate surface area is 131 Å². The number of fused-ring (bicyclic) bond motifs is 1. The SMILES string of the molecule is Cc1c(CCCN)c2ccccc2n1CC(=O)N1CCCC1. The number of hydrogen-bond donors (Lipinski definition) is 1. The zero-order chi connectivity index (χ0) is 15.5. The van der Waals surface area contributed by atoms with Crippen LogP contribution in [-0.4, -0.2) is 35.0 Å². The van der Waals surface area contributed by atoms with Crippen LogP contribution in [0.15, 0.2) is 24.3 Å². The number of para-hydroxylation sites is 1. The Hall–Kier alpha value is -1.81. The average molecular weight is 299 g/mol. The number of benzene rings is 1. The average Bonchev–Trinajstić information content (AvgIpc) is 3.14. The summed E-state index contributed by atoms with van der Waals surface area (Å²) >= 11 is 0. The molecular formula is C18H25N3O. The highest BCUT2D eigenvalue weighted by atomic mass is 16.2. The van der Waals surface area contributed by atoms with Crippen molar-refractivity contribution in [3.05, 3.63) is 35.5 Å². The molecule has 0 radical (unpaired) electrons. The lowest BCUT2D eigenvalue weighted by molar-refractivity contribution is -0.130. The van der Waals surface area contributed by atoms with Crippen LogP contribution in [0.1, 0.15) is 30.5 Å². The zero-order valence-corrected chi connectivity index (χ0v) is 13.3. The summed E-state index contributed by atoms with van der Waals surface area (Å²) in [7, 11) is 0. The van der Waals surface area contributed by atoms with Gasteiger partial charge in [-0.15, -0.1) is 0 Å². The monoisotopic (exact) mass is 299 g/mol. The second-order valence-corrected chi connectivity index (χ2v) is 6.15. The van der Waals surface area contributed by atoms with E-state index in [1.807, 2.05) is 11.0 Å². The van der Waals surface area contributed by atoms with E-state index < -0.39 is 0 Å². The maximum atomic E-state index is 12.5. The molecule has 2 N–H and O–H groups in total. The standard InChI is InChI=1S/C18H25N3O/c1-14-15(8-6-10-19)16-7-2-3-9-17(16)21(14)13-18(22)20-11-4-5-12-20/h2-3,7,9H,4-6,8,10-13,19H2,1H3. The molecule has 2 aromatic rings. The Bertz CT molecular complexity index is 668. The quantitative estimate of drug-likeness (QED) is 0.922. The van der Waals surface area contributed by atoms with Gasteiger partial charge in [0.15, 0.2) is 0 Å². The molecule has 4 nitrogen and oxygen atoms in total. The van der Waals surface area contributed by atoms with Gasteiger partial charge in [0, 0.05) is 29.7 Å². The van der Waals surface area contributed by atoms with Crippen molar-refractivity contribution in [2.24, 2.45) is 5.73 Å². The molecule has 1 amide bonds. The number of hydrogen-bond acceptors (Lipinski definition) is 2. The molecule has 4 heteroatoms. The molecule has 1 saturated heterocycles. The number of likely N-dealkylation sites (tertiary alicyclic amines) is 1. The van der Waals surface area contributed by atoms with Crippen LogP contribution >= 0.6 is 0 Å².